The molecule has 0 radical (unpaired) electrons. The Balaban J connectivity index is 3.82. The Bertz CT molecular complexity index is 582. The van der Waals surface area contributed by atoms with Crippen LogP contribution in [0, 0.1) is 0 Å². The lowest BCUT2D eigenvalue weighted by molar-refractivity contribution is -0.179. The Labute approximate surface area is 216 Å². The first-order valence-electron chi connectivity index (χ1n) is 13.8. The standard InChI is InChI=1S/C27H50O9/c1-2-3-4-5-6-7-8-9-10-11-12-13-14-15-16-17-18-35-25(32)20-27(34,19-24(30)31)26(33)36-22-23(29)21-28/h23,28-29,34H,2-22H2,1H3,(H,30,31). The third-order valence-corrected chi connectivity index (χ3v) is 6.14. The Morgan fingerprint density at radius 2 is 1.17 bits per heavy atom. The van der Waals surface area contributed by atoms with Gasteiger partial charge in [-0.15, -0.1) is 0 Å². The van der Waals surface area contributed by atoms with Crippen molar-refractivity contribution in [3.63, 3.8) is 0 Å². The molecule has 36 heavy (non-hydrogen) atoms. The number of unbranched alkanes of at least 4 members (excludes halogenated alkanes) is 15. The predicted molar refractivity (Wildman–Crippen MR) is 136 cm³/mol. The van der Waals surface area contributed by atoms with Crippen LogP contribution in [0.4, 0.5) is 0 Å². The van der Waals surface area contributed by atoms with Gasteiger partial charge in [-0.3, -0.25) is 9.59 Å². The summed E-state index contributed by atoms with van der Waals surface area (Å²) in [6.07, 6.45) is 16.3. The topological polar surface area (TPSA) is 151 Å². The number of aliphatic hydroxyl groups is 3. The summed E-state index contributed by atoms with van der Waals surface area (Å²) in [4.78, 5) is 35.1. The number of carboxylic acid groups (broad SMARTS) is 1. The van der Waals surface area contributed by atoms with Crippen molar-refractivity contribution < 1.29 is 44.3 Å². The summed E-state index contributed by atoms with van der Waals surface area (Å²) in [6, 6.07) is 0. The minimum Gasteiger partial charge on any atom is -0.481 e. The van der Waals surface area contributed by atoms with E-state index in [0.29, 0.717) is 6.42 Å². The zero-order chi connectivity index (χ0) is 27.1. The molecule has 0 saturated heterocycles. The zero-order valence-corrected chi connectivity index (χ0v) is 22.3. The van der Waals surface area contributed by atoms with Crippen LogP contribution in [0.1, 0.15) is 122 Å². The lowest BCUT2D eigenvalue weighted by atomic mass is 9.95. The molecule has 0 aliphatic carbocycles. The van der Waals surface area contributed by atoms with Gasteiger partial charge in [0.1, 0.15) is 12.7 Å². The van der Waals surface area contributed by atoms with Crippen LogP contribution < -0.4 is 0 Å². The summed E-state index contributed by atoms with van der Waals surface area (Å²) >= 11 is 0. The maximum Gasteiger partial charge on any atom is 0.339 e. The van der Waals surface area contributed by atoms with Gasteiger partial charge in [-0.25, -0.2) is 4.79 Å². The third-order valence-electron chi connectivity index (χ3n) is 6.14. The first-order chi connectivity index (χ1) is 17.2. The van der Waals surface area contributed by atoms with E-state index in [1.807, 2.05) is 0 Å². The molecule has 212 valence electrons. The van der Waals surface area contributed by atoms with E-state index in [1.165, 1.54) is 77.0 Å². The van der Waals surface area contributed by atoms with E-state index in [9.17, 15) is 24.6 Å². The highest BCUT2D eigenvalue weighted by Gasteiger charge is 2.43. The zero-order valence-electron chi connectivity index (χ0n) is 22.3. The Hall–Kier alpha value is -1.71. The summed E-state index contributed by atoms with van der Waals surface area (Å²) in [5.74, 6) is -3.76. The van der Waals surface area contributed by atoms with Gasteiger partial charge in [-0.2, -0.15) is 0 Å². The number of carbonyl (C=O) groups excluding carboxylic acids is 2. The third kappa shape index (κ3) is 19.5. The van der Waals surface area contributed by atoms with Crippen molar-refractivity contribution >= 4 is 17.9 Å². The maximum atomic E-state index is 12.1. The number of carbonyl (C=O) groups is 3. The fraction of sp³-hybridized carbons (Fsp3) is 0.889. The van der Waals surface area contributed by atoms with Gasteiger partial charge in [-0.05, 0) is 6.42 Å². The second-order valence-corrected chi connectivity index (χ2v) is 9.74. The Morgan fingerprint density at radius 3 is 1.58 bits per heavy atom. The smallest absolute Gasteiger partial charge is 0.339 e. The normalized spacial score (nSPS) is 13.7. The number of aliphatic carboxylic acids is 1. The molecule has 0 heterocycles. The van der Waals surface area contributed by atoms with Gasteiger partial charge in [-0.1, -0.05) is 103 Å². The predicted octanol–water partition coefficient (Wildman–Crippen LogP) is 4.28. The molecule has 0 aliphatic rings. The molecule has 9 nitrogen and oxygen atoms in total. The van der Waals surface area contributed by atoms with Crippen LogP contribution in [-0.2, 0) is 23.9 Å². The van der Waals surface area contributed by atoms with E-state index < -0.39 is 55.7 Å². The van der Waals surface area contributed by atoms with E-state index in [1.54, 1.807) is 0 Å². The quantitative estimate of drug-likeness (QED) is 0.102. The molecule has 0 rings (SSSR count). The van der Waals surface area contributed by atoms with Crippen molar-refractivity contribution in [2.45, 2.75) is 134 Å². The second-order valence-electron chi connectivity index (χ2n) is 9.74. The van der Waals surface area contributed by atoms with Crippen LogP contribution in [0.3, 0.4) is 0 Å². The van der Waals surface area contributed by atoms with Crippen LogP contribution in [0.5, 0.6) is 0 Å². The summed E-state index contributed by atoms with van der Waals surface area (Å²) in [5, 5.41) is 37.3. The molecule has 0 aromatic heterocycles. The number of esters is 2. The summed E-state index contributed by atoms with van der Waals surface area (Å²) in [7, 11) is 0. The average Bonchev–Trinajstić information content (AvgIpc) is 2.83. The highest BCUT2D eigenvalue weighted by Crippen LogP contribution is 2.20. The van der Waals surface area contributed by atoms with Gasteiger partial charge >= 0.3 is 17.9 Å². The molecule has 0 bridgehead atoms. The largest absolute Gasteiger partial charge is 0.481 e. The van der Waals surface area contributed by atoms with Crippen LogP contribution >= 0.6 is 0 Å². The molecular weight excluding hydrogens is 468 g/mol. The summed E-state index contributed by atoms with van der Waals surface area (Å²) < 4.78 is 9.68. The van der Waals surface area contributed by atoms with Crippen LogP contribution in [0.25, 0.3) is 0 Å². The van der Waals surface area contributed by atoms with Crippen LogP contribution in [-0.4, -0.2) is 69.9 Å². The van der Waals surface area contributed by atoms with Gasteiger partial charge in [0.25, 0.3) is 0 Å². The fourth-order valence-corrected chi connectivity index (χ4v) is 3.94. The van der Waals surface area contributed by atoms with Crippen LogP contribution in [0.2, 0.25) is 0 Å². The molecule has 2 unspecified atom stereocenters. The highest BCUT2D eigenvalue weighted by atomic mass is 16.6. The number of ether oxygens (including phenoxy) is 2. The van der Waals surface area contributed by atoms with Gasteiger partial charge in [0.15, 0.2) is 5.60 Å². The van der Waals surface area contributed by atoms with Crippen molar-refractivity contribution in [2.24, 2.45) is 0 Å². The van der Waals surface area contributed by atoms with E-state index in [0.717, 1.165) is 19.3 Å². The molecule has 0 saturated carbocycles. The minimum absolute atomic E-state index is 0.124. The second kappa shape index (κ2) is 22.5. The average molecular weight is 519 g/mol. The first kappa shape index (κ1) is 34.3. The molecule has 0 aliphatic heterocycles. The lowest BCUT2D eigenvalue weighted by Gasteiger charge is -2.24. The number of carboxylic acids is 1. The Kier molecular flexibility index (Phi) is 21.4. The molecule has 0 spiro atoms. The number of hydrogen-bond donors (Lipinski definition) is 4. The van der Waals surface area contributed by atoms with E-state index in [4.69, 9.17) is 14.9 Å². The number of rotatable bonds is 25. The molecule has 0 aromatic carbocycles. The number of aliphatic hydroxyl groups excluding tert-OH is 2. The van der Waals surface area contributed by atoms with Gasteiger partial charge in [0.2, 0.25) is 0 Å². The van der Waals surface area contributed by atoms with E-state index in [-0.39, 0.29) is 6.61 Å². The molecule has 4 N–H and O–H groups in total. The fourth-order valence-electron chi connectivity index (χ4n) is 3.94. The number of hydrogen-bond acceptors (Lipinski definition) is 8. The van der Waals surface area contributed by atoms with Crippen LogP contribution in [0.15, 0.2) is 0 Å². The van der Waals surface area contributed by atoms with Crippen molar-refractivity contribution in [1.29, 1.82) is 0 Å². The van der Waals surface area contributed by atoms with Crippen molar-refractivity contribution in [1.82, 2.24) is 0 Å². The molecular formula is C27H50O9. The first-order valence-corrected chi connectivity index (χ1v) is 13.8. The monoisotopic (exact) mass is 518 g/mol. The van der Waals surface area contributed by atoms with E-state index >= 15 is 0 Å². The highest BCUT2D eigenvalue weighted by molar-refractivity contribution is 5.89. The summed E-state index contributed by atoms with van der Waals surface area (Å²) in [6.45, 7) is 1.06. The molecule has 2 atom stereocenters. The SMILES string of the molecule is CCCCCCCCCCCCCCCCCCOC(=O)CC(O)(CC(=O)O)C(=O)OCC(O)CO. The summed E-state index contributed by atoms with van der Waals surface area (Å²) in [5.41, 5.74) is -2.60. The maximum absolute atomic E-state index is 12.1. The van der Waals surface area contributed by atoms with Crippen molar-refractivity contribution in [3.8, 4) is 0 Å². The Morgan fingerprint density at radius 1 is 0.722 bits per heavy atom. The van der Waals surface area contributed by atoms with Gasteiger partial charge in [0, 0.05) is 0 Å². The minimum atomic E-state index is -2.60. The van der Waals surface area contributed by atoms with Crippen molar-refractivity contribution in [2.75, 3.05) is 19.8 Å². The molecule has 0 fully saturated rings. The molecule has 0 amide bonds. The van der Waals surface area contributed by atoms with E-state index in [2.05, 4.69) is 11.7 Å². The molecule has 9 heteroatoms. The van der Waals surface area contributed by atoms with Crippen molar-refractivity contribution in [3.05, 3.63) is 0 Å². The lowest BCUT2D eigenvalue weighted by Crippen LogP contribution is -2.45. The van der Waals surface area contributed by atoms with Gasteiger partial charge in [0.05, 0.1) is 26.1 Å². The van der Waals surface area contributed by atoms with Gasteiger partial charge < -0.3 is 29.9 Å². The molecule has 0 aromatic rings.